The first kappa shape index (κ1) is 19.0. The monoisotopic (exact) mass is 382 g/mol. The lowest BCUT2D eigenvalue weighted by molar-refractivity contribution is -0.122. The van der Waals surface area contributed by atoms with Crippen LogP contribution in [0.3, 0.4) is 0 Å². The number of hydrogen-bond donors (Lipinski definition) is 2. The molecule has 0 bridgehead atoms. The number of nitrogens with one attached hydrogen (secondary N) is 2. The van der Waals surface area contributed by atoms with Crippen LogP contribution in [0.2, 0.25) is 0 Å². The number of H-pyrrole nitrogens is 1. The number of amides is 2. The highest BCUT2D eigenvalue weighted by Crippen LogP contribution is 2.30. The van der Waals surface area contributed by atoms with E-state index in [1.165, 1.54) is 29.5 Å². The minimum Gasteiger partial charge on any atom is -0.358 e. The predicted octanol–water partition coefficient (Wildman–Crippen LogP) is 2.33. The highest BCUT2D eigenvalue weighted by atomic mass is 16.2. The van der Waals surface area contributed by atoms with Crippen molar-refractivity contribution in [2.75, 3.05) is 39.3 Å². The van der Waals surface area contributed by atoms with Crippen molar-refractivity contribution in [2.24, 2.45) is 0 Å². The molecule has 2 aromatic rings. The molecular formula is C22H30N4O2. The summed E-state index contributed by atoms with van der Waals surface area (Å²) < 4.78 is 0. The number of hydrogen-bond acceptors (Lipinski definition) is 3. The summed E-state index contributed by atoms with van der Waals surface area (Å²) in [6, 6.07) is 6.06. The van der Waals surface area contributed by atoms with Crippen LogP contribution >= 0.6 is 0 Å². The Morgan fingerprint density at radius 2 is 1.89 bits per heavy atom. The Hall–Kier alpha value is -2.34. The number of carbonyl (C=O) groups excluding carboxylic acids is 2. The standard InChI is InChI=1S/C22H30N4O2/c1-2-9-23-21(27)15-25-10-12-26(13-11-25)22(28)16-7-8-20-18(14-16)17-5-3-4-6-19(17)24-20/h7-8,14,24H,2-6,9-13,15H2,1H3,(H,23,27). The Labute approximate surface area is 166 Å². The highest BCUT2D eigenvalue weighted by Gasteiger charge is 2.24. The fourth-order valence-corrected chi connectivity index (χ4v) is 4.35. The highest BCUT2D eigenvalue weighted by molar-refractivity contribution is 5.99. The van der Waals surface area contributed by atoms with Crippen molar-refractivity contribution in [3.63, 3.8) is 0 Å². The third kappa shape index (κ3) is 3.92. The summed E-state index contributed by atoms with van der Waals surface area (Å²) >= 11 is 0. The second-order valence-electron chi connectivity index (χ2n) is 7.97. The summed E-state index contributed by atoms with van der Waals surface area (Å²) in [6.45, 7) is 6.02. The quantitative estimate of drug-likeness (QED) is 0.834. The molecule has 2 amide bonds. The van der Waals surface area contributed by atoms with Gasteiger partial charge in [-0.05, 0) is 55.9 Å². The molecule has 0 spiro atoms. The van der Waals surface area contributed by atoms with Crippen molar-refractivity contribution >= 4 is 22.7 Å². The molecule has 1 saturated heterocycles. The van der Waals surface area contributed by atoms with E-state index in [2.05, 4.69) is 27.3 Å². The molecule has 1 aromatic carbocycles. The number of benzene rings is 1. The van der Waals surface area contributed by atoms with E-state index in [1.807, 2.05) is 17.9 Å². The van der Waals surface area contributed by atoms with Crippen LogP contribution in [0.5, 0.6) is 0 Å². The summed E-state index contributed by atoms with van der Waals surface area (Å²) in [6.07, 6.45) is 5.63. The van der Waals surface area contributed by atoms with Crippen molar-refractivity contribution in [3.05, 3.63) is 35.0 Å². The number of aromatic amines is 1. The lowest BCUT2D eigenvalue weighted by atomic mass is 9.95. The molecule has 0 saturated carbocycles. The second kappa shape index (κ2) is 8.35. The summed E-state index contributed by atoms with van der Waals surface area (Å²) in [7, 11) is 0. The summed E-state index contributed by atoms with van der Waals surface area (Å²) in [4.78, 5) is 32.5. The van der Waals surface area contributed by atoms with Gasteiger partial charge in [0.1, 0.15) is 0 Å². The molecule has 2 aliphatic rings. The van der Waals surface area contributed by atoms with E-state index in [1.54, 1.807) is 0 Å². The summed E-state index contributed by atoms with van der Waals surface area (Å²) in [5, 5.41) is 4.13. The number of fused-ring (bicyclic) bond motifs is 3. The molecule has 4 rings (SSSR count). The first-order valence-electron chi connectivity index (χ1n) is 10.6. The molecule has 1 aromatic heterocycles. The van der Waals surface area contributed by atoms with Gasteiger partial charge in [0.05, 0.1) is 6.54 Å². The van der Waals surface area contributed by atoms with Crippen LogP contribution in [-0.2, 0) is 17.6 Å². The lowest BCUT2D eigenvalue weighted by Crippen LogP contribution is -2.51. The van der Waals surface area contributed by atoms with Crippen molar-refractivity contribution in [1.82, 2.24) is 20.1 Å². The van der Waals surface area contributed by atoms with Gasteiger partial charge in [0, 0.05) is 54.9 Å². The number of aromatic nitrogens is 1. The van der Waals surface area contributed by atoms with Crippen LogP contribution in [0.1, 0.15) is 47.8 Å². The van der Waals surface area contributed by atoms with E-state index in [4.69, 9.17) is 0 Å². The van der Waals surface area contributed by atoms with Crippen LogP contribution in [0.25, 0.3) is 10.9 Å². The van der Waals surface area contributed by atoms with Crippen LogP contribution < -0.4 is 5.32 Å². The topological polar surface area (TPSA) is 68.4 Å². The number of carbonyl (C=O) groups is 2. The van der Waals surface area contributed by atoms with E-state index in [-0.39, 0.29) is 11.8 Å². The van der Waals surface area contributed by atoms with Gasteiger partial charge in [-0.2, -0.15) is 0 Å². The van der Waals surface area contributed by atoms with Gasteiger partial charge in [-0.1, -0.05) is 6.92 Å². The van der Waals surface area contributed by atoms with Crippen LogP contribution in [-0.4, -0.2) is 65.9 Å². The SMILES string of the molecule is CCCNC(=O)CN1CCN(C(=O)c2ccc3[nH]c4c(c3c2)CCCC4)CC1. The summed E-state index contributed by atoms with van der Waals surface area (Å²) in [5.74, 6) is 0.173. The van der Waals surface area contributed by atoms with Crippen LogP contribution in [0, 0.1) is 0 Å². The van der Waals surface area contributed by atoms with Crippen molar-refractivity contribution in [3.8, 4) is 0 Å². The molecule has 1 fully saturated rings. The molecular weight excluding hydrogens is 352 g/mol. The van der Waals surface area contributed by atoms with Gasteiger partial charge < -0.3 is 15.2 Å². The zero-order valence-electron chi connectivity index (χ0n) is 16.7. The van der Waals surface area contributed by atoms with Gasteiger partial charge in [-0.15, -0.1) is 0 Å². The van der Waals surface area contributed by atoms with E-state index in [0.717, 1.165) is 50.0 Å². The van der Waals surface area contributed by atoms with Crippen LogP contribution in [0.15, 0.2) is 18.2 Å². The van der Waals surface area contributed by atoms with Gasteiger partial charge in [-0.3, -0.25) is 14.5 Å². The van der Waals surface area contributed by atoms with Crippen LogP contribution in [0.4, 0.5) is 0 Å². The molecule has 150 valence electrons. The van der Waals surface area contributed by atoms with E-state index >= 15 is 0 Å². The fourth-order valence-electron chi connectivity index (χ4n) is 4.35. The second-order valence-corrected chi connectivity index (χ2v) is 7.97. The number of aryl methyl sites for hydroxylation is 2. The van der Waals surface area contributed by atoms with Gasteiger partial charge in [0.15, 0.2) is 0 Å². The van der Waals surface area contributed by atoms with Crippen molar-refractivity contribution < 1.29 is 9.59 Å². The molecule has 0 unspecified atom stereocenters. The number of piperazine rings is 1. The normalized spacial score (nSPS) is 17.5. The third-order valence-corrected chi connectivity index (χ3v) is 5.94. The minimum atomic E-state index is 0.0734. The van der Waals surface area contributed by atoms with Gasteiger partial charge in [-0.25, -0.2) is 0 Å². The number of rotatable bonds is 5. The molecule has 1 aliphatic heterocycles. The smallest absolute Gasteiger partial charge is 0.253 e. The zero-order chi connectivity index (χ0) is 19.5. The van der Waals surface area contributed by atoms with E-state index in [0.29, 0.717) is 19.6 Å². The molecule has 0 radical (unpaired) electrons. The predicted molar refractivity (Wildman–Crippen MR) is 111 cm³/mol. The maximum atomic E-state index is 13.0. The van der Waals surface area contributed by atoms with Crippen molar-refractivity contribution in [2.45, 2.75) is 39.0 Å². The molecule has 0 atom stereocenters. The third-order valence-electron chi connectivity index (χ3n) is 5.94. The van der Waals surface area contributed by atoms with Crippen molar-refractivity contribution in [1.29, 1.82) is 0 Å². The molecule has 28 heavy (non-hydrogen) atoms. The fraction of sp³-hybridized carbons (Fsp3) is 0.545. The molecule has 6 nitrogen and oxygen atoms in total. The van der Waals surface area contributed by atoms with E-state index in [9.17, 15) is 9.59 Å². The Morgan fingerprint density at radius 1 is 1.11 bits per heavy atom. The Balaban J connectivity index is 1.39. The maximum absolute atomic E-state index is 13.0. The molecule has 6 heteroatoms. The van der Waals surface area contributed by atoms with Gasteiger partial charge in [0.25, 0.3) is 5.91 Å². The van der Waals surface area contributed by atoms with Gasteiger partial charge in [0.2, 0.25) is 5.91 Å². The summed E-state index contributed by atoms with van der Waals surface area (Å²) in [5.41, 5.74) is 4.67. The first-order valence-corrected chi connectivity index (χ1v) is 10.6. The Bertz CT molecular complexity index is 865. The van der Waals surface area contributed by atoms with Gasteiger partial charge >= 0.3 is 0 Å². The average molecular weight is 383 g/mol. The molecule has 2 N–H and O–H groups in total. The number of nitrogens with zero attached hydrogens (tertiary/aromatic N) is 2. The lowest BCUT2D eigenvalue weighted by Gasteiger charge is -2.34. The Morgan fingerprint density at radius 3 is 2.68 bits per heavy atom. The van der Waals surface area contributed by atoms with E-state index < -0.39 is 0 Å². The largest absolute Gasteiger partial charge is 0.358 e. The first-order chi connectivity index (χ1) is 13.7. The zero-order valence-corrected chi connectivity index (χ0v) is 16.7. The Kier molecular flexibility index (Phi) is 5.67. The molecule has 2 heterocycles. The maximum Gasteiger partial charge on any atom is 0.253 e. The minimum absolute atomic E-state index is 0.0734. The average Bonchev–Trinajstić information content (AvgIpc) is 3.10. The molecule has 1 aliphatic carbocycles.